The van der Waals surface area contributed by atoms with Crippen molar-refractivity contribution in [3.8, 4) is 11.1 Å². The molecule has 2 aliphatic rings. The molecule has 6 heteroatoms. The van der Waals surface area contributed by atoms with E-state index in [1.165, 1.54) is 12.1 Å². The van der Waals surface area contributed by atoms with Crippen LogP contribution >= 0.6 is 0 Å². The van der Waals surface area contributed by atoms with Crippen molar-refractivity contribution in [2.45, 2.75) is 38.2 Å². The van der Waals surface area contributed by atoms with Gasteiger partial charge in [0.05, 0.1) is 5.41 Å². The number of rotatable bonds is 5. The molecule has 0 bridgehead atoms. The Morgan fingerprint density at radius 3 is 2.60 bits per heavy atom. The molecule has 0 unspecified atom stereocenters. The Kier molecular flexibility index (Phi) is 5.86. The maximum Gasteiger partial charge on any atom is 0.251 e. The summed E-state index contributed by atoms with van der Waals surface area (Å²) >= 11 is 0. The highest BCUT2D eigenvalue weighted by molar-refractivity contribution is 5.85. The monoisotopic (exact) mass is 410 g/mol. The van der Waals surface area contributed by atoms with Crippen molar-refractivity contribution in [1.82, 2.24) is 4.90 Å². The summed E-state index contributed by atoms with van der Waals surface area (Å²) in [4.78, 5) is 27.2. The third-order valence-electron chi connectivity index (χ3n) is 6.24. The number of likely N-dealkylation sites (tertiary alicyclic amines) is 1. The number of amides is 2. The lowest BCUT2D eigenvalue weighted by Gasteiger charge is -2.41. The van der Waals surface area contributed by atoms with Gasteiger partial charge >= 0.3 is 0 Å². The molecule has 2 amide bonds. The third kappa shape index (κ3) is 4.24. The molecule has 5 nitrogen and oxygen atoms in total. The van der Waals surface area contributed by atoms with Gasteiger partial charge in [-0.25, -0.2) is 4.39 Å². The number of nitrogens with two attached hydrogens (primary N) is 1. The highest BCUT2D eigenvalue weighted by Crippen LogP contribution is 2.35. The molecule has 2 aromatic rings. The summed E-state index contributed by atoms with van der Waals surface area (Å²) in [5, 5.41) is 0. The molecule has 0 aromatic heterocycles. The lowest BCUT2D eigenvalue weighted by molar-refractivity contribution is -0.147. The second-order valence-corrected chi connectivity index (χ2v) is 8.40. The smallest absolute Gasteiger partial charge is 0.251 e. The van der Waals surface area contributed by atoms with Gasteiger partial charge in [0.15, 0.2) is 0 Å². The van der Waals surface area contributed by atoms with E-state index >= 15 is 0 Å². The van der Waals surface area contributed by atoms with Crippen LogP contribution in [0.15, 0.2) is 48.5 Å². The fourth-order valence-corrected chi connectivity index (χ4v) is 4.65. The third-order valence-corrected chi connectivity index (χ3v) is 6.24. The number of nitrogens with zero attached hydrogens (tertiary/aromatic N) is 1. The number of piperidine rings is 1. The standard InChI is InChI=1S/C24H27FN2O3/c25-20-8-2-7-19(14-20)18-6-1-5-17(13-18)15-24(23(26)29)10-4-11-27(16-24)22(28)21-9-3-12-30-21/h1-2,5-8,13-14,21H,3-4,9-12,15-16H2,(H2,26,29)/t21-,24+/m1/s1. The van der Waals surface area contributed by atoms with Crippen LogP contribution in [0.5, 0.6) is 0 Å². The van der Waals surface area contributed by atoms with Gasteiger partial charge in [-0.1, -0.05) is 36.4 Å². The molecule has 2 aromatic carbocycles. The fourth-order valence-electron chi connectivity index (χ4n) is 4.65. The largest absolute Gasteiger partial charge is 0.369 e. The maximum atomic E-state index is 13.6. The molecule has 2 saturated heterocycles. The lowest BCUT2D eigenvalue weighted by Crippen LogP contribution is -2.55. The Morgan fingerprint density at radius 1 is 1.13 bits per heavy atom. The van der Waals surface area contributed by atoms with Crippen LogP contribution in [0.2, 0.25) is 0 Å². The van der Waals surface area contributed by atoms with Gasteiger partial charge in [0, 0.05) is 19.7 Å². The Morgan fingerprint density at radius 2 is 1.90 bits per heavy atom. The van der Waals surface area contributed by atoms with Gasteiger partial charge in [-0.05, 0) is 60.9 Å². The van der Waals surface area contributed by atoms with Gasteiger partial charge < -0.3 is 15.4 Å². The number of carbonyl (C=O) groups is 2. The second-order valence-electron chi connectivity index (χ2n) is 8.40. The van der Waals surface area contributed by atoms with Crippen molar-refractivity contribution in [2.75, 3.05) is 19.7 Å². The summed E-state index contributed by atoms with van der Waals surface area (Å²) < 4.78 is 19.2. The molecule has 0 spiro atoms. The minimum absolute atomic E-state index is 0.0358. The maximum absolute atomic E-state index is 13.6. The summed E-state index contributed by atoms with van der Waals surface area (Å²) in [6.45, 7) is 1.54. The predicted octanol–water partition coefficient (Wildman–Crippen LogP) is 3.31. The van der Waals surface area contributed by atoms with Crippen LogP contribution in [-0.4, -0.2) is 42.5 Å². The number of halogens is 1. The van der Waals surface area contributed by atoms with Gasteiger partial charge in [-0.3, -0.25) is 9.59 Å². The Hall–Kier alpha value is -2.73. The molecule has 30 heavy (non-hydrogen) atoms. The number of ether oxygens (including phenoxy) is 1. The second kappa shape index (κ2) is 8.56. The number of hydrogen-bond acceptors (Lipinski definition) is 3. The molecule has 158 valence electrons. The SMILES string of the molecule is NC(=O)[C@]1(Cc2cccc(-c3cccc(F)c3)c2)CCCN(C(=O)[C@H]2CCCO2)C1. The van der Waals surface area contributed by atoms with Crippen LogP contribution < -0.4 is 5.73 Å². The summed E-state index contributed by atoms with van der Waals surface area (Å²) in [5.41, 5.74) is 7.68. The van der Waals surface area contributed by atoms with Gasteiger partial charge in [0.2, 0.25) is 5.91 Å². The Bertz CT molecular complexity index is 942. The van der Waals surface area contributed by atoms with Crippen LogP contribution in [0.25, 0.3) is 11.1 Å². The van der Waals surface area contributed by atoms with Crippen molar-refractivity contribution >= 4 is 11.8 Å². The zero-order valence-corrected chi connectivity index (χ0v) is 17.0. The van der Waals surface area contributed by atoms with Crippen molar-refractivity contribution in [2.24, 2.45) is 11.1 Å². The van der Waals surface area contributed by atoms with Crippen LogP contribution in [0.1, 0.15) is 31.2 Å². The molecule has 2 aliphatic heterocycles. The minimum Gasteiger partial charge on any atom is -0.369 e. The number of hydrogen-bond donors (Lipinski definition) is 1. The first-order chi connectivity index (χ1) is 14.5. The van der Waals surface area contributed by atoms with E-state index in [9.17, 15) is 14.0 Å². The average Bonchev–Trinajstić information content (AvgIpc) is 3.28. The molecule has 2 fully saturated rings. The van der Waals surface area contributed by atoms with Crippen molar-refractivity contribution in [1.29, 1.82) is 0 Å². The molecule has 0 radical (unpaired) electrons. The quantitative estimate of drug-likeness (QED) is 0.822. The average molecular weight is 410 g/mol. The first-order valence-corrected chi connectivity index (χ1v) is 10.5. The van der Waals surface area contributed by atoms with E-state index in [4.69, 9.17) is 10.5 Å². The molecule has 0 aliphatic carbocycles. The number of benzene rings is 2. The van der Waals surface area contributed by atoms with E-state index < -0.39 is 11.5 Å². The van der Waals surface area contributed by atoms with Crippen LogP contribution in [0.3, 0.4) is 0 Å². The molecule has 2 N–H and O–H groups in total. The molecular formula is C24H27FN2O3. The van der Waals surface area contributed by atoms with Gasteiger partial charge in [-0.15, -0.1) is 0 Å². The van der Waals surface area contributed by atoms with E-state index in [-0.39, 0.29) is 17.6 Å². The van der Waals surface area contributed by atoms with Crippen LogP contribution in [-0.2, 0) is 20.7 Å². The number of carbonyl (C=O) groups excluding carboxylic acids is 2. The number of primary amides is 1. The molecule has 4 rings (SSSR count). The molecule has 2 atom stereocenters. The van der Waals surface area contributed by atoms with Gasteiger partial charge in [-0.2, -0.15) is 0 Å². The van der Waals surface area contributed by atoms with Crippen LogP contribution in [0.4, 0.5) is 4.39 Å². The first-order valence-electron chi connectivity index (χ1n) is 10.5. The molecular weight excluding hydrogens is 383 g/mol. The van der Waals surface area contributed by atoms with E-state index in [2.05, 4.69) is 0 Å². The summed E-state index contributed by atoms with van der Waals surface area (Å²) in [6.07, 6.45) is 3.03. The predicted molar refractivity (Wildman–Crippen MR) is 112 cm³/mol. The first kappa shape index (κ1) is 20.5. The van der Waals surface area contributed by atoms with Crippen molar-refractivity contribution in [3.63, 3.8) is 0 Å². The van der Waals surface area contributed by atoms with Crippen molar-refractivity contribution < 1.29 is 18.7 Å². The zero-order valence-electron chi connectivity index (χ0n) is 17.0. The Labute approximate surface area is 176 Å². The lowest BCUT2D eigenvalue weighted by atomic mass is 9.74. The summed E-state index contributed by atoms with van der Waals surface area (Å²) in [7, 11) is 0. The highest BCUT2D eigenvalue weighted by atomic mass is 19.1. The summed E-state index contributed by atoms with van der Waals surface area (Å²) in [6, 6.07) is 14.2. The molecule has 0 saturated carbocycles. The van der Waals surface area contributed by atoms with Crippen LogP contribution in [0, 0.1) is 11.2 Å². The Balaban J connectivity index is 1.56. The zero-order chi connectivity index (χ0) is 21.1. The van der Waals surface area contributed by atoms with Crippen molar-refractivity contribution in [3.05, 3.63) is 59.9 Å². The van der Waals surface area contributed by atoms with Gasteiger partial charge in [0.25, 0.3) is 5.91 Å². The summed E-state index contributed by atoms with van der Waals surface area (Å²) in [5.74, 6) is -0.711. The van der Waals surface area contributed by atoms with E-state index in [0.717, 1.165) is 36.0 Å². The molecule has 2 heterocycles. The minimum atomic E-state index is -0.812. The van der Waals surface area contributed by atoms with Gasteiger partial charge in [0.1, 0.15) is 11.9 Å². The highest BCUT2D eigenvalue weighted by Gasteiger charge is 2.43. The normalized spacial score (nSPS) is 24.0. The van der Waals surface area contributed by atoms with E-state index in [0.29, 0.717) is 32.5 Å². The fraction of sp³-hybridized carbons (Fsp3) is 0.417. The van der Waals surface area contributed by atoms with E-state index in [1.807, 2.05) is 30.3 Å². The van der Waals surface area contributed by atoms with E-state index in [1.54, 1.807) is 11.0 Å². The topological polar surface area (TPSA) is 72.6 Å².